The number of hydrogen-bond acceptors (Lipinski definition) is 4. The maximum absolute atomic E-state index is 10.9. The molecule has 2 saturated carbocycles. The second-order valence-corrected chi connectivity index (χ2v) is 5.34. The highest BCUT2D eigenvalue weighted by molar-refractivity contribution is 5.85. The molecule has 0 atom stereocenters. The largest absolute Gasteiger partial charge is 0.477 e. The zero-order valence-corrected chi connectivity index (χ0v) is 10.2. The summed E-state index contributed by atoms with van der Waals surface area (Å²) >= 11 is 0. The molecular weight excluding hydrogens is 230 g/mol. The number of carboxylic acid groups (broad SMARTS) is 1. The lowest BCUT2D eigenvalue weighted by molar-refractivity contribution is 0.0690. The van der Waals surface area contributed by atoms with Crippen molar-refractivity contribution < 1.29 is 9.90 Å². The summed E-state index contributed by atoms with van der Waals surface area (Å²) in [4.78, 5) is 21.5. The quantitative estimate of drug-likeness (QED) is 0.830. The molecule has 18 heavy (non-hydrogen) atoms. The SMILES string of the molecule is O=C(O)c1ccnc(N(CC2CC2)CC2CC2)n1. The molecule has 2 aliphatic carbocycles. The molecule has 0 saturated heterocycles. The molecule has 0 aromatic carbocycles. The van der Waals surface area contributed by atoms with Crippen molar-refractivity contribution in [1.82, 2.24) is 9.97 Å². The van der Waals surface area contributed by atoms with E-state index in [1.807, 2.05) is 0 Å². The first-order valence-electron chi connectivity index (χ1n) is 6.53. The predicted octanol–water partition coefficient (Wildman–Crippen LogP) is 1.80. The van der Waals surface area contributed by atoms with Crippen LogP contribution in [-0.4, -0.2) is 34.1 Å². The smallest absolute Gasteiger partial charge is 0.354 e. The van der Waals surface area contributed by atoms with Gasteiger partial charge in [-0.1, -0.05) is 0 Å². The van der Waals surface area contributed by atoms with E-state index in [-0.39, 0.29) is 5.69 Å². The van der Waals surface area contributed by atoms with Crippen LogP contribution in [0.5, 0.6) is 0 Å². The standard InChI is InChI=1S/C13H17N3O2/c17-12(18)11-5-6-14-13(15-11)16(7-9-1-2-9)8-10-3-4-10/h5-6,9-10H,1-4,7-8H2,(H,17,18). The Morgan fingerprint density at radius 3 is 2.39 bits per heavy atom. The van der Waals surface area contributed by atoms with Crippen molar-refractivity contribution in [3.8, 4) is 0 Å². The first kappa shape index (κ1) is 11.4. The van der Waals surface area contributed by atoms with Crippen molar-refractivity contribution in [2.24, 2.45) is 11.8 Å². The molecule has 0 aliphatic heterocycles. The second kappa shape index (κ2) is 4.55. The molecule has 0 bridgehead atoms. The van der Waals surface area contributed by atoms with Gasteiger partial charge in [0.25, 0.3) is 0 Å². The Labute approximate surface area is 106 Å². The first-order chi connectivity index (χ1) is 8.72. The third kappa shape index (κ3) is 2.78. The van der Waals surface area contributed by atoms with Gasteiger partial charge in [0.15, 0.2) is 5.69 Å². The molecule has 1 heterocycles. The zero-order valence-electron chi connectivity index (χ0n) is 10.2. The number of nitrogens with zero attached hydrogens (tertiary/aromatic N) is 3. The maximum Gasteiger partial charge on any atom is 0.354 e. The Hall–Kier alpha value is -1.65. The van der Waals surface area contributed by atoms with E-state index < -0.39 is 5.97 Å². The summed E-state index contributed by atoms with van der Waals surface area (Å²) in [5.74, 6) is 1.09. The normalized spacial score (nSPS) is 18.7. The van der Waals surface area contributed by atoms with Gasteiger partial charge in [-0.05, 0) is 43.6 Å². The number of carboxylic acids is 1. The fraction of sp³-hybridized carbons (Fsp3) is 0.615. The van der Waals surface area contributed by atoms with Gasteiger partial charge in [-0.15, -0.1) is 0 Å². The molecule has 3 rings (SSSR count). The van der Waals surface area contributed by atoms with E-state index in [2.05, 4.69) is 14.9 Å². The fourth-order valence-electron chi connectivity index (χ4n) is 2.08. The van der Waals surface area contributed by atoms with Crippen LogP contribution in [0.3, 0.4) is 0 Å². The van der Waals surface area contributed by atoms with Gasteiger partial charge in [-0.25, -0.2) is 14.8 Å². The van der Waals surface area contributed by atoms with Gasteiger partial charge < -0.3 is 10.0 Å². The lowest BCUT2D eigenvalue weighted by atomic mass is 10.3. The topological polar surface area (TPSA) is 66.3 Å². The molecule has 1 aromatic heterocycles. The van der Waals surface area contributed by atoms with Gasteiger partial charge in [0, 0.05) is 19.3 Å². The Bertz CT molecular complexity index is 441. The van der Waals surface area contributed by atoms with Crippen LogP contribution >= 0.6 is 0 Å². The van der Waals surface area contributed by atoms with Crippen molar-refractivity contribution in [3.05, 3.63) is 18.0 Å². The van der Waals surface area contributed by atoms with Crippen molar-refractivity contribution >= 4 is 11.9 Å². The van der Waals surface area contributed by atoms with Crippen molar-refractivity contribution in [2.45, 2.75) is 25.7 Å². The summed E-state index contributed by atoms with van der Waals surface area (Å²) in [5, 5.41) is 8.97. The molecule has 1 N–H and O–H groups in total. The minimum atomic E-state index is -0.989. The third-order valence-electron chi connectivity index (χ3n) is 3.50. The molecule has 5 heteroatoms. The maximum atomic E-state index is 10.9. The molecule has 2 aliphatic rings. The molecule has 0 spiro atoms. The highest BCUT2D eigenvalue weighted by Gasteiger charge is 2.30. The monoisotopic (exact) mass is 247 g/mol. The van der Waals surface area contributed by atoms with E-state index in [0.717, 1.165) is 24.9 Å². The van der Waals surface area contributed by atoms with E-state index in [1.54, 1.807) is 6.20 Å². The molecule has 96 valence electrons. The number of hydrogen-bond donors (Lipinski definition) is 1. The van der Waals surface area contributed by atoms with E-state index in [9.17, 15) is 4.79 Å². The molecule has 5 nitrogen and oxygen atoms in total. The molecule has 2 fully saturated rings. The summed E-state index contributed by atoms with van der Waals surface area (Å²) in [6.45, 7) is 1.94. The Balaban J connectivity index is 1.77. The van der Waals surface area contributed by atoms with Crippen LogP contribution < -0.4 is 4.90 Å². The molecule has 0 unspecified atom stereocenters. The summed E-state index contributed by atoms with van der Waals surface area (Å²) in [5.41, 5.74) is 0.0802. The molecule has 0 amide bonds. The minimum Gasteiger partial charge on any atom is -0.477 e. The number of anilines is 1. The highest BCUT2D eigenvalue weighted by atomic mass is 16.4. The van der Waals surface area contributed by atoms with Crippen LogP contribution in [0.15, 0.2) is 12.3 Å². The third-order valence-corrected chi connectivity index (χ3v) is 3.50. The molecule has 0 radical (unpaired) electrons. The van der Waals surface area contributed by atoms with Gasteiger partial charge in [0.2, 0.25) is 5.95 Å². The van der Waals surface area contributed by atoms with Crippen LogP contribution in [0.1, 0.15) is 36.2 Å². The van der Waals surface area contributed by atoms with Gasteiger partial charge in [-0.2, -0.15) is 0 Å². The summed E-state index contributed by atoms with van der Waals surface area (Å²) in [7, 11) is 0. The fourth-order valence-corrected chi connectivity index (χ4v) is 2.08. The lowest BCUT2D eigenvalue weighted by Gasteiger charge is -2.22. The number of carbonyl (C=O) groups is 1. The molecular formula is C13H17N3O2. The first-order valence-corrected chi connectivity index (χ1v) is 6.53. The van der Waals surface area contributed by atoms with Gasteiger partial charge in [0.1, 0.15) is 0 Å². The van der Waals surface area contributed by atoms with E-state index in [1.165, 1.54) is 31.7 Å². The van der Waals surface area contributed by atoms with Crippen LogP contribution in [-0.2, 0) is 0 Å². The van der Waals surface area contributed by atoms with Crippen LogP contribution in [0.25, 0.3) is 0 Å². The average Bonchev–Trinajstić information content (AvgIpc) is 3.23. The average molecular weight is 247 g/mol. The van der Waals surface area contributed by atoms with E-state index in [4.69, 9.17) is 5.11 Å². The number of aromatic carboxylic acids is 1. The Morgan fingerprint density at radius 2 is 1.89 bits per heavy atom. The van der Waals surface area contributed by atoms with Crippen molar-refractivity contribution in [3.63, 3.8) is 0 Å². The van der Waals surface area contributed by atoms with Gasteiger partial charge in [0.05, 0.1) is 0 Å². The lowest BCUT2D eigenvalue weighted by Crippen LogP contribution is -2.30. The van der Waals surface area contributed by atoms with Crippen molar-refractivity contribution in [2.75, 3.05) is 18.0 Å². The van der Waals surface area contributed by atoms with Crippen LogP contribution in [0, 0.1) is 11.8 Å². The van der Waals surface area contributed by atoms with Gasteiger partial charge in [-0.3, -0.25) is 0 Å². The van der Waals surface area contributed by atoms with Crippen LogP contribution in [0.2, 0.25) is 0 Å². The minimum absolute atomic E-state index is 0.0802. The zero-order chi connectivity index (χ0) is 12.5. The Morgan fingerprint density at radius 1 is 1.28 bits per heavy atom. The van der Waals surface area contributed by atoms with Crippen molar-refractivity contribution in [1.29, 1.82) is 0 Å². The molecule has 1 aromatic rings. The highest BCUT2D eigenvalue weighted by Crippen LogP contribution is 2.34. The Kier molecular flexibility index (Phi) is 2.89. The number of rotatable bonds is 6. The summed E-state index contributed by atoms with van der Waals surface area (Å²) in [6.07, 6.45) is 6.65. The van der Waals surface area contributed by atoms with E-state index >= 15 is 0 Å². The summed E-state index contributed by atoms with van der Waals surface area (Å²) < 4.78 is 0. The van der Waals surface area contributed by atoms with Crippen LogP contribution in [0.4, 0.5) is 5.95 Å². The predicted molar refractivity (Wildman–Crippen MR) is 66.7 cm³/mol. The van der Waals surface area contributed by atoms with Gasteiger partial charge >= 0.3 is 5.97 Å². The second-order valence-electron chi connectivity index (χ2n) is 5.34. The van der Waals surface area contributed by atoms with E-state index in [0.29, 0.717) is 5.95 Å². The number of aromatic nitrogens is 2. The summed E-state index contributed by atoms with van der Waals surface area (Å²) in [6, 6.07) is 1.44.